The van der Waals surface area contributed by atoms with E-state index in [0.717, 1.165) is 36.5 Å². The van der Waals surface area contributed by atoms with Crippen molar-refractivity contribution >= 4 is 12.2 Å². The Kier molecular flexibility index (Phi) is 4.82. The van der Waals surface area contributed by atoms with E-state index in [1.807, 2.05) is 29.8 Å². The third kappa shape index (κ3) is 3.84. The molecular formula is C23H21FN6O. The summed E-state index contributed by atoms with van der Waals surface area (Å²) in [5, 5.41) is 4.59. The van der Waals surface area contributed by atoms with Gasteiger partial charge in [-0.25, -0.2) is 19.0 Å². The fourth-order valence-corrected chi connectivity index (χ4v) is 3.95. The molecule has 0 unspecified atom stereocenters. The van der Waals surface area contributed by atoms with Crippen molar-refractivity contribution in [2.75, 3.05) is 0 Å². The Morgan fingerprint density at radius 2 is 2.00 bits per heavy atom. The summed E-state index contributed by atoms with van der Waals surface area (Å²) in [6.07, 6.45) is 8.95. The Hall–Kier alpha value is -3.81. The number of nitrogens with one attached hydrogen (secondary N) is 1. The fourth-order valence-electron chi connectivity index (χ4n) is 3.95. The van der Waals surface area contributed by atoms with E-state index in [4.69, 9.17) is 4.98 Å². The molecule has 0 amide bonds. The van der Waals surface area contributed by atoms with Crippen molar-refractivity contribution in [2.24, 2.45) is 0 Å². The van der Waals surface area contributed by atoms with Crippen LogP contribution in [0.25, 0.3) is 17.8 Å². The van der Waals surface area contributed by atoms with Crippen LogP contribution in [0.2, 0.25) is 0 Å². The van der Waals surface area contributed by atoms with Gasteiger partial charge in [-0.05, 0) is 61.7 Å². The molecule has 4 heterocycles. The second-order valence-electron chi connectivity index (χ2n) is 7.68. The largest absolute Gasteiger partial charge is 0.321 e. The molecule has 0 bridgehead atoms. The van der Waals surface area contributed by atoms with Gasteiger partial charge in [0, 0.05) is 24.4 Å². The van der Waals surface area contributed by atoms with E-state index in [-0.39, 0.29) is 17.3 Å². The third-order valence-electron chi connectivity index (χ3n) is 5.48. The Morgan fingerprint density at radius 1 is 1.16 bits per heavy atom. The molecule has 156 valence electrons. The van der Waals surface area contributed by atoms with Crippen LogP contribution in [-0.4, -0.2) is 29.3 Å². The summed E-state index contributed by atoms with van der Waals surface area (Å²) in [5.74, 6) is 1.32. The summed E-state index contributed by atoms with van der Waals surface area (Å²) in [5.41, 5.74) is 2.86. The van der Waals surface area contributed by atoms with Crippen molar-refractivity contribution < 1.29 is 4.39 Å². The number of halogens is 1. The highest BCUT2D eigenvalue weighted by molar-refractivity contribution is 5.64. The van der Waals surface area contributed by atoms with Crippen LogP contribution in [-0.2, 0) is 6.54 Å². The maximum Gasteiger partial charge on any atom is 0.272 e. The van der Waals surface area contributed by atoms with Gasteiger partial charge in [0.2, 0.25) is 0 Å². The SMILES string of the molecule is Cc1cn(-c2ccc(C=Cc3nc4n(n3)CCC[C@H]4c3ccc(F)cc3)[nH]c2=O)cn1. The van der Waals surface area contributed by atoms with Crippen molar-refractivity contribution in [3.05, 3.63) is 93.7 Å². The summed E-state index contributed by atoms with van der Waals surface area (Å²) in [6, 6.07) is 10.2. The van der Waals surface area contributed by atoms with Gasteiger partial charge in [-0.3, -0.25) is 4.79 Å². The molecule has 31 heavy (non-hydrogen) atoms. The van der Waals surface area contributed by atoms with Crippen LogP contribution in [0.15, 0.2) is 53.7 Å². The average Bonchev–Trinajstić information content (AvgIpc) is 3.38. The Bertz CT molecular complexity index is 1310. The van der Waals surface area contributed by atoms with E-state index in [1.54, 1.807) is 35.3 Å². The van der Waals surface area contributed by atoms with E-state index in [0.29, 0.717) is 17.2 Å². The van der Waals surface area contributed by atoms with Crippen LogP contribution in [0.3, 0.4) is 0 Å². The number of aryl methyl sites for hydroxylation is 2. The summed E-state index contributed by atoms with van der Waals surface area (Å²) in [6.45, 7) is 2.68. The predicted octanol–water partition coefficient (Wildman–Crippen LogP) is 3.70. The molecule has 1 N–H and O–H groups in total. The minimum atomic E-state index is -0.243. The summed E-state index contributed by atoms with van der Waals surface area (Å²) < 4.78 is 16.9. The van der Waals surface area contributed by atoms with Gasteiger partial charge < -0.3 is 9.55 Å². The van der Waals surface area contributed by atoms with Gasteiger partial charge in [0.05, 0.1) is 12.0 Å². The lowest BCUT2D eigenvalue weighted by Crippen LogP contribution is -2.17. The standard InChI is InChI=1S/C23H21FN6O/c1-15-13-29(14-25-15)20-10-8-18(26-23(20)31)9-11-21-27-22-19(3-2-12-30(22)28-21)16-4-6-17(24)7-5-16/h4-11,13-14,19H,2-3,12H2,1H3,(H,26,31)/t19-/m0/s1. The first-order valence-electron chi connectivity index (χ1n) is 10.2. The highest BCUT2D eigenvalue weighted by Crippen LogP contribution is 2.32. The van der Waals surface area contributed by atoms with E-state index in [1.165, 1.54) is 12.1 Å². The molecule has 0 saturated heterocycles. The Morgan fingerprint density at radius 3 is 2.74 bits per heavy atom. The molecule has 7 nitrogen and oxygen atoms in total. The highest BCUT2D eigenvalue weighted by Gasteiger charge is 2.25. The molecule has 4 aromatic rings. The molecule has 8 heteroatoms. The van der Waals surface area contributed by atoms with Crippen LogP contribution in [0.5, 0.6) is 0 Å². The molecule has 5 rings (SSSR count). The molecule has 1 aliphatic rings. The van der Waals surface area contributed by atoms with Crippen molar-refractivity contribution in [3.63, 3.8) is 0 Å². The smallest absolute Gasteiger partial charge is 0.272 e. The summed E-state index contributed by atoms with van der Waals surface area (Å²) >= 11 is 0. The average molecular weight is 416 g/mol. The van der Waals surface area contributed by atoms with Gasteiger partial charge in [-0.15, -0.1) is 0 Å². The number of nitrogens with zero attached hydrogens (tertiary/aromatic N) is 5. The lowest BCUT2D eigenvalue weighted by molar-refractivity contribution is 0.445. The molecule has 0 fully saturated rings. The summed E-state index contributed by atoms with van der Waals surface area (Å²) in [4.78, 5) is 24.2. The molecule has 0 spiro atoms. The van der Waals surface area contributed by atoms with Crippen molar-refractivity contribution in [1.29, 1.82) is 0 Å². The van der Waals surface area contributed by atoms with E-state index in [2.05, 4.69) is 15.1 Å². The van der Waals surface area contributed by atoms with Gasteiger partial charge >= 0.3 is 0 Å². The minimum Gasteiger partial charge on any atom is -0.321 e. The van der Waals surface area contributed by atoms with Crippen molar-refractivity contribution in [1.82, 2.24) is 29.3 Å². The number of H-pyrrole nitrogens is 1. The number of benzene rings is 1. The number of aromatic nitrogens is 6. The van der Waals surface area contributed by atoms with Crippen molar-refractivity contribution in [2.45, 2.75) is 32.2 Å². The second-order valence-corrected chi connectivity index (χ2v) is 7.68. The molecule has 0 saturated carbocycles. The van der Waals surface area contributed by atoms with Gasteiger partial charge in [-0.2, -0.15) is 5.10 Å². The molecule has 0 radical (unpaired) electrons. The Labute approximate surface area is 177 Å². The topological polar surface area (TPSA) is 81.4 Å². The van der Waals surface area contributed by atoms with Gasteiger partial charge in [0.15, 0.2) is 5.82 Å². The second kappa shape index (κ2) is 7.79. The number of rotatable bonds is 4. The number of imidazole rings is 1. The molecular weight excluding hydrogens is 395 g/mol. The zero-order valence-electron chi connectivity index (χ0n) is 17.0. The molecule has 1 aliphatic heterocycles. The first kappa shape index (κ1) is 19.2. The van der Waals surface area contributed by atoms with Crippen LogP contribution >= 0.6 is 0 Å². The van der Waals surface area contributed by atoms with Gasteiger partial charge in [0.25, 0.3) is 5.56 Å². The van der Waals surface area contributed by atoms with Crippen LogP contribution in [0.1, 0.15) is 47.4 Å². The van der Waals surface area contributed by atoms with Crippen LogP contribution in [0, 0.1) is 12.7 Å². The maximum absolute atomic E-state index is 13.3. The first-order valence-corrected chi connectivity index (χ1v) is 10.2. The predicted molar refractivity (Wildman–Crippen MR) is 115 cm³/mol. The first-order chi connectivity index (χ1) is 15.1. The third-order valence-corrected chi connectivity index (χ3v) is 5.48. The zero-order valence-corrected chi connectivity index (χ0v) is 17.0. The number of hydrogen-bond donors (Lipinski definition) is 1. The van der Waals surface area contributed by atoms with Crippen LogP contribution in [0.4, 0.5) is 4.39 Å². The molecule has 0 aliphatic carbocycles. The minimum absolute atomic E-state index is 0.0988. The highest BCUT2D eigenvalue weighted by atomic mass is 19.1. The van der Waals surface area contributed by atoms with E-state index in [9.17, 15) is 9.18 Å². The van der Waals surface area contributed by atoms with E-state index < -0.39 is 0 Å². The maximum atomic E-state index is 13.3. The molecule has 3 aromatic heterocycles. The van der Waals surface area contributed by atoms with Crippen LogP contribution < -0.4 is 5.56 Å². The molecule has 1 aromatic carbocycles. The van der Waals surface area contributed by atoms with E-state index >= 15 is 0 Å². The van der Waals surface area contributed by atoms with Crippen molar-refractivity contribution in [3.8, 4) is 5.69 Å². The number of fused-ring (bicyclic) bond motifs is 1. The number of hydrogen-bond acceptors (Lipinski definition) is 4. The Balaban J connectivity index is 1.39. The molecule has 1 atom stereocenters. The van der Waals surface area contributed by atoms with Gasteiger partial charge in [-0.1, -0.05) is 12.1 Å². The number of pyridine rings is 1. The zero-order chi connectivity index (χ0) is 21.4. The number of aromatic amines is 1. The summed E-state index contributed by atoms with van der Waals surface area (Å²) in [7, 11) is 0. The van der Waals surface area contributed by atoms with Gasteiger partial charge in [0.1, 0.15) is 17.3 Å². The monoisotopic (exact) mass is 416 g/mol. The lowest BCUT2D eigenvalue weighted by Gasteiger charge is -2.22. The normalized spacial score (nSPS) is 16.0. The lowest BCUT2D eigenvalue weighted by atomic mass is 9.91. The quantitative estimate of drug-likeness (QED) is 0.550. The fraction of sp³-hybridized carbons (Fsp3) is 0.217.